The van der Waals surface area contributed by atoms with Crippen LogP contribution >= 0.6 is 0 Å². The standard InChI is InChI=1S/C25H31N3O3/c1-18-22(19(2)28(26-18)21-11-4-3-5-12-21)14-15-25(30)31-17-24(29)27-16-8-10-20-9-6-7-13-23(20)27/h3-5,11-12,14-15,20,23H,6-10,13,16-17H2,1-2H3/b15-14+/t20-,23-/m0/s1. The monoisotopic (exact) mass is 421 g/mol. The minimum Gasteiger partial charge on any atom is -0.452 e. The maximum atomic E-state index is 12.7. The number of ether oxygens (including phenoxy) is 1. The summed E-state index contributed by atoms with van der Waals surface area (Å²) in [6.45, 7) is 4.48. The molecule has 2 atom stereocenters. The van der Waals surface area contributed by atoms with Gasteiger partial charge in [0.1, 0.15) is 0 Å². The van der Waals surface area contributed by atoms with Gasteiger partial charge in [0, 0.05) is 29.9 Å². The Bertz CT molecular complexity index is 962. The van der Waals surface area contributed by atoms with Crippen LogP contribution in [0.15, 0.2) is 36.4 Å². The number of likely N-dealkylation sites (tertiary alicyclic amines) is 1. The summed E-state index contributed by atoms with van der Waals surface area (Å²) in [4.78, 5) is 27.0. The fourth-order valence-corrected chi connectivity index (χ4v) is 5.07. The summed E-state index contributed by atoms with van der Waals surface area (Å²) in [6, 6.07) is 10.2. The summed E-state index contributed by atoms with van der Waals surface area (Å²) in [7, 11) is 0. The molecule has 1 saturated heterocycles. The highest BCUT2D eigenvalue weighted by Crippen LogP contribution is 2.35. The van der Waals surface area contributed by atoms with E-state index < -0.39 is 5.97 Å². The lowest BCUT2D eigenvalue weighted by Gasteiger charge is -2.44. The molecular weight excluding hydrogens is 390 g/mol. The summed E-state index contributed by atoms with van der Waals surface area (Å²) in [5.41, 5.74) is 3.63. The minimum atomic E-state index is -0.503. The van der Waals surface area contributed by atoms with Crippen LogP contribution in [0.4, 0.5) is 0 Å². The molecule has 1 aliphatic carbocycles. The summed E-state index contributed by atoms with van der Waals surface area (Å²) in [5, 5.41) is 4.58. The predicted octanol–water partition coefficient (Wildman–Crippen LogP) is 4.23. The van der Waals surface area contributed by atoms with Gasteiger partial charge in [-0.1, -0.05) is 31.0 Å². The molecular formula is C25H31N3O3. The zero-order chi connectivity index (χ0) is 21.8. The maximum Gasteiger partial charge on any atom is 0.331 e. The molecule has 2 fully saturated rings. The van der Waals surface area contributed by atoms with E-state index in [0.29, 0.717) is 12.0 Å². The highest BCUT2D eigenvalue weighted by molar-refractivity contribution is 5.89. The van der Waals surface area contributed by atoms with E-state index in [1.54, 1.807) is 6.08 Å². The van der Waals surface area contributed by atoms with Crippen molar-refractivity contribution >= 4 is 18.0 Å². The van der Waals surface area contributed by atoms with Crippen molar-refractivity contribution in [1.29, 1.82) is 0 Å². The van der Waals surface area contributed by atoms with E-state index >= 15 is 0 Å². The highest BCUT2D eigenvalue weighted by atomic mass is 16.5. The molecule has 31 heavy (non-hydrogen) atoms. The van der Waals surface area contributed by atoms with Crippen LogP contribution in [0.5, 0.6) is 0 Å². The topological polar surface area (TPSA) is 64.4 Å². The van der Waals surface area contributed by atoms with Crippen LogP contribution in [-0.4, -0.2) is 45.8 Å². The van der Waals surface area contributed by atoms with Gasteiger partial charge in [-0.2, -0.15) is 5.10 Å². The number of carbonyl (C=O) groups is 2. The quantitative estimate of drug-likeness (QED) is 0.535. The normalized spacial score (nSPS) is 21.2. The number of hydrogen-bond donors (Lipinski definition) is 0. The Labute approximate surface area is 183 Å². The van der Waals surface area contributed by atoms with Gasteiger partial charge in [-0.25, -0.2) is 9.48 Å². The first-order chi connectivity index (χ1) is 15.0. The van der Waals surface area contributed by atoms with Gasteiger partial charge < -0.3 is 9.64 Å². The number of amides is 1. The third-order valence-electron chi connectivity index (χ3n) is 6.64. The number of carbonyl (C=O) groups excluding carboxylic acids is 2. The number of fused-ring (bicyclic) bond motifs is 1. The molecule has 2 aliphatic rings. The van der Waals surface area contributed by atoms with Gasteiger partial charge in [0.25, 0.3) is 5.91 Å². The SMILES string of the molecule is Cc1nn(-c2ccccc2)c(C)c1/C=C/C(=O)OCC(=O)N1CCC[C@@H]2CCCC[C@@H]21. The molecule has 0 N–H and O–H groups in total. The molecule has 2 aromatic rings. The molecule has 6 nitrogen and oxygen atoms in total. The fraction of sp³-hybridized carbons (Fsp3) is 0.480. The molecule has 0 bridgehead atoms. The van der Waals surface area contributed by atoms with Crippen molar-refractivity contribution in [1.82, 2.24) is 14.7 Å². The smallest absolute Gasteiger partial charge is 0.331 e. The number of rotatable bonds is 5. The first-order valence-corrected chi connectivity index (χ1v) is 11.3. The van der Waals surface area contributed by atoms with Crippen LogP contribution in [0.2, 0.25) is 0 Å². The summed E-state index contributed by atoms with van der Waals surface area (Å²) in [6.07, 6.45) is 10.1. The number of piperidine rings is 1. The lowest BCUT2D eigenvalue weighted by atomic mass is 9.78. The molecule has 1 aromatic carbocycles. The number of esters is 1. The lowest BCUT2D eigenvalue weighted by Crippen LogP contribution is -2.50. The molecule has 0 unspecified atom stereocenters. The van der Waals surface area contributed by atoms with Gasteiger partial charge >= 0.3 is 5.97 Å². The Balaban J connectivity index is 1.36. The van der Waals surface area contributed by atoms with Gasteiger partial charge in [-0.15, -0.1) is 0 Å². The molecule has 2 heterocycles. The van der Waals surface area contributed by atoms with Crippen molar-refractivity contribution in [2.75, 3.05) is 13.2 Å². The van der Waals surface area contributed by atoms with Crippen molar-refractivity contribution in [3.8, 4) is 5.69 Å². The molecule has 0 spiro atoms. The summed E-state index contributed by atoms with van der Waals surface area (Å²) in [5.74, 6) is 0.0496. The van der Waals surface area contributed by atoms with Gasteiger partial charge in [0.05, 0.1) is 11.4 Å². The second kappa shape index (κ2) is 9.50. The van der Waals surface area contributed by atoms with Gasteiger partial charge in [-0.05, 0) is 63.7 Å². The maximum absolute atomic E-state index is 12.7. The van der Waals surface area contributed by atoms with E-state index in [4.69, 9.17) is 4.74 Å². The zero-order valence-electron chi connectivity index (χ0n) is 18.4. The van der Waals surface area contributed by atoms with Gasteiger partial charge in [0.2, 0.25) is 0 Å². The van der Waals surface area contributed by atoms with Crippen LogP contribution in [0, 0.1) is 19.8 Å². The van der Waals surface area contributed by atoms with Crippen LogP contribution in [0.3, 0.4) is 0 Å². The molecule has 1 amide bonds. The second-order valence-electron chi connectivity index (χ2n) is 8.61. The number of para-hydroxylation sites is 1. The van der Waals surface area contributed by atoms with E-state index in [-0.39, 0.29) is 12.5 Å². The number of benzene rings is 1. The van der Waals surface area contributed by atoms with Crippen LogP contribution in [-0.2, 0) is 14.3 Å². The number of aryl methyl sites for hydroxylation is 1. The van der Waals surface area contributed by atoms with Crippen molar-refractivity contribution in [2.24, 2.45) is 5.92 Å². The first-order valence-electron chi connectivity index (χ1n) is 11.3. The van der Waals surface area contributed by atoms with Crippen molar-refractivity contribution < 1.29 is 14.3 Å². The minimum absolute atomic E-state index is 0.0670. The van der Waals surface area contributed by atoms with Crippen molar-refractivity contribution in [3.05, 3.63) is 53.4 Å². The fourth-order valence-electron chi connectivity index (χ4n) is 5.07. The van der Waals surface area contributed by atoms with Gasteiger partial charge in [-0.3, -0.25) is 4.79 Å². The highest BCUT2D eigenvalue weighted by Gasteiger charge is 2.35. The van der Waals surface area contributed by atoms with E-state index in [0.717, 1.165) is 42.0 Å². The van der Waals surface area contributed by atoms with Crippen LogP contribution < -0.4 is 0 Å². The average Bonchev–Trinajstić information content (AvgIpc) is 3.09. The Morgan fingerprint density at radius 3 is 2.65 bits per heavy atom. The number of nitrogens with zero attached hydrogens (tertiary/aromatic N) is 3. The molecule has 164 valence electrons. The Kier molecular flexibility index (Phi) is 6.54. The number of aromatic nitrogens is 2. The zero-order valence-corrected chi connectivity index (χ0v) is 18.4. The van der Waals surface area contributed by atoms with E-state index in [9.17, 15) is 9.59 Å². The first kappa shape index (κ1) is 21.3. The van der Waals surface area contributed by atoms with Crippen LogP contribution in [0.1, 0.15) is 55.5 Å². The Morgan fingerprint density at radius 2 is 1.84 bits per heavy atom. The molecule has 6 heteroatoms. The third-order valence-corrected chi connectivity index (χ3v) is 6.64. The third kappa shape index (κ3) is 4.73. The predicted molar refractivity (Wildman–Crippen MR) is 120 cm³/mol. The molecule has 1 aromatic heterocycles. The van der Waals surface area contributed by atoms with Crippen molar-refractivity contribution in [2.45, 2.75) is 58.4 Å². The van der Waals surface area contributed by atoms with Crippen LogP contribution in [0.25, 0.3) is 11.8 Å². The largest absolute Gasteiger partial charge is 0.452 e. The Morgan fingerprint density at radius 1 is 1.10 bits per heavy atom. The Hall–Kier alpha value is -2.89. The van der Waals surface area contributed by atoms with E-state index in [2.05, 4.69) is 5.10 Å². The molecule has 0 radical (unpaired) electrons. The summed E-state index contributed by atoms with van der Waals surface area (Å²) >= 11 is 0. The number of hydrogen-bond acceptors (Lipinski definition) is 4. The van der Waals surface area contributed by atoms with Gasteiger partial charge in [0.15, 0.2) is 6.61 Å². The molecule has 1 saturated carbocycles. The summed E-state index contributed by atoms with van der Waals surface area (Å²) < 4.78 is 7.15. The lowest BCUT2D eigenvalue weighted by molar-refractivity contribution is -0.151. The van der Waals surface area contributed by atoms with E-state index in [1.807, 2.05) is 53.8 Å². The second-order valence-corrected chi connectivity index (χ2v) is 8.61. The molecule has 1 aliphatic heterocycles. The van der Waals surface area contributed by atoms with E-state index in [1.165, 1.54) is 31.8 Å². The average molecular weight is 422 g/mol. The van der Waals surface area contributed by atoms with Crippen molar-refractivity contribution in [3.63, 3.8) is 0 Å². The molecule has 4 rings (SSSR count).